The molecule has 0 spiro atoms. The lowest BCUT2D eigenvalue weighted by molar-refractivity contribution is 0.286. The summed E-state index contributed by atoms with van der Waals surface area (Å²) in [5, 5.41) is 12.1. The smallest absolute Gasteiger partial charge is 0.0443 e. The van der Waals surface area contributed by atoms with Gasteiger partial charge in [0.25, 0.3) is 0 Å². The lowest BCUT2D eigenvalue weighted by Crippen LogP contribution is -2.23. The molecular formula is C12H17NOS. The number of benzene rings is 1. The summed E-state index contributed by atoms with van der Waals surface area (Å²) in [5.41, 5.74) is 1.49. The first-order valence-corrected chi connectivity index (χ1v) is 6.43. The second kappa shape index (κ2) is 5.54. The fraction of sp³-hybridized carbons (Fsp3) is 0.500. The van der Waals surface area contributed by atoms with Crippen molar-refractivity contribution in [2.45, 2.75) is 17.2 Å². The second-order valence-electron chi connectivity index (χ2n) is 3.83. The molecule has 15 heavy (non-hydrogen) atoms. The molecule has 2 rings (SSSR count). The number of thioether (sulfide) groups is 1. The molecule has 1 aromatic carbocycles. The fourth-order valence-electron chi connectivity index (χ4n) is 1.88. The van der Waals surface area contributed by atoms with E-state index >= 15 is 0 Å². The number of hydrogen-bond acceptors (Lipinski definition) is 3. The minimum absolute atomic E-state index is 0.281. The third kappa shape index (κ3) is 2.74. The monoisotopic (exact) mass is 223 g/mol. The summed E-state index contributed by atoms with van der Waals surface area (Å²) in [7, 11) is 0. The lowest BCUT2D eigenvalue weighted by Gasteiger charge is -2.11. The maximum Gasteiger partial charge on any atom is 0.0443 e. The van der Waals surface area contributed by atoms with Crippen LogP contribution in [-0.4, -0.2) is 30.6 Å². The van der Waals surface area contributed by atoms with Crippen LogP contribution in [-0.2, 0) is 0 Å². The van der Waals surface area contributed by atoms with Crippen LogP contribution in [0.1, 0.15) is 17.9 Å². The van der Waals surface area contributed by atoms with E-state index in [9.17, 15) is 0 Å². The Bertz CT molecular complexity index is 316. The molecule has 1 aliphatic heterocycles. The van der Waals surface area contributed by atoms with Crippen LogP contribution in [0.5, 0.6) is 0 Å². The predicted molar refractivity (Wildman–Crippen MR) is 64.5 cm³/mol. The van der Waals surface area contributed by atoms with Crippen LogP contribution in [0, 0.1) is 0 Å². The molecule has 1 aliphatic rings. The van der Waals surface area contributed by atoms with Crippen molar-refractivity contribution in [2.24, 2.45) is 0 Å². The Morgan fingerprint density at radius 2 is 2.27 bits per heavy atom. The Morgan fingerprint density at radius 3 is 3.13 bits per heavy atom. The van der Waals surface area contributed by atoms with Crippen LogP contribution in [0.4, 0.5) is 0 Å². The molecular weight excluding hydrogens is 206 g/mol. The Balaban J connectivity index is 1.85. The molecule has 0 bridgehead atoms. The number of hydrogen-bond donors (Lipinski definition) is 2. The Morgan fingerprint density at radius 1 is 1.40 bits per heavy atom. The molecule has 0 radical (unpaired) electrons. The average molecular weight is 223 g/mol. The van der Waals surface area contributed by atoms with Gasteiger partial charge in [0.05, 0.1) is 0 Å². The van der Waals surface area contributed by atoms with Gasteiger partial charge in [0.1, 0.15) is 0 Å². The molecule has 0 aromatic heterocycles. The van der Waals surface area contributed by atoms with Gasteiger partial charge in [-0.05, 0) is 24.6 Å². The van der Waals surface area contributed by atoms with Crippen molar-refractivity contribution in [2.75, 3.05) is 25.4 Å². The Kier molecular flexibility index (Phi) is 4.06. The van der Waals surface area contributed by atoms with Crippen LogP contribution >= 0.6 is 11.8 Å². The highest BCUT2D eigenvalue weighted by atomic mass is 32.2. The van der Waals surface area contributed by atoms with Gasteiger partial charge in [0, 0.05) is 29.7 Å². The third-order valence-corrected chi connectivity index (χ3v) is 3.95. The van der Waals surface area contributed by atoms with Crippen molar-refractivity contribution in [1.82, 2.24) is 5.32 Å². The quantitative estimate of drug-likeness (QED) is 0.747. The summed E-state index contributed by atoms with van der Waals surface area (Å²) in [4.78, 5) is 1.44. The maximum absolute atomic E-state index is 8.67. The van der Waals surface area contributed by atoms with E-state index in [4.69, 9.17) is 5.11 Å². The SMILES string of the molecule is OCCCNCC1CSc2ccccc21. The molecule has 0 fully saturated rings. The van der Waals surface area contributed by atoms with Gasteiger partial charge in [-0.2, -0.15) is 0 Å². The molecule has 1 aromatic rings. The minimum atomic E-state index is 0.281. The second-order valence-corrected chi connectivity index (χ2v) is 4.89. The molecule has 1 atom stereocenters. The zero-order chi connectivity index (χ0) is 10.5. The van der Waals surface area contributed by atoms with Crippen LogP contribution < -0.4 is 5.32 Å². The summed E-state index contributed by atoms with van der Waals surface area (Å²) in [6, 6.07) is 8.65. The van der Waals surface area contributed by atoms with E-state index in [1.165, 1.54) is 16.2 Å². The standard InChI is InChI=1S/C12H17NOS/c14-7-3-6-13-8-10-9-15-12-5-2-1-4-11(10)12/h1-2,4-5,10,13-14H,3,6-9H2. The number of nitrogens with one attached hydrogen (secondary N) is 1. The van der Waals surface area contributed by atoms with Gasteiger partial charge in [-0.3, -0.25) is 0 Å². The predicted octanol–water partition coefficient (Wildman–Crippen LogP) is 1.85. The van der Waals surface area contributed by atoms with Crippen LogP contribution in [0.3, 0.4) is 0 Å². The van der Waals surface area contributed by atoms with Crippen LogP contribution in [0.15, 0.2) is 29.2 Å². The highest BCUT2D eigenvalue weighted by Gasteiger charge is 2.21. The maximum atomic E-state index is 8.67. The number of rotatable bonds is 5. The molecule has 2 nitrogen and oxygen atoms in total. The van der Waals surface area contributed by atoms with Crippen LogP contribution in [0.2, 0.25) is 0 Å². The number of aliphatic hydroxyl groups excluding tert-OH is 1. The van der Waals surface area contributed by atoms with Gasteiger partial charge in [-0.1, -0.05) is 18.2 Å². The van der Waals surface area contributed by atoms with Crippen molar-refractivity contribution in [3.63, 3.8) is 0 Å². The first-order chi connectivity index (χ1) is 7.42. The zero-order valence-corrected chi connectivity index (χ0v) is 9.59. The molecule has 0 amide bonds. The van der Waals surface area contributed by atoms with Crippen molar-refractivity contribution < 1.29 is 5.11 Å². The fourth-order valence-corrected chi connectivity index (χ4v) is 3.13. The van der Waals surface area contributed by atoms with Crippen molar-refractivity contribution in [3.8, 4) is 0 Å². The van der Waals surface area contributed by atoms with Gasteiger partial charge >= 0.3 is 0 Å². The number of aliphatic hydroxyl groups is 1. The third-order valence-electron chi connectivity index (χ3n) is 2.70. The molecule has 3 heteroatoms. The lowest BCUT2D eigenvalue weighted by atomic mass is 10.0. The van der Waals surface area contributed by atoms with Gasteiger partial charge < -0.3 is 10.4 Å². The summed E-state index contributed by atoms with van der Waals surface area (Å²) in [5.74, 6) is 1.83. The molecule has 82 valence electrons. The highest BCUT2D eigenvalue weighted by molar-refractivity contribution is 7.99. The number of fused-ring (bicyclic) bond motifs is 1. The summed E-state index contributed by atoms with van der Waals surface area (Å²) in [6.07, 6.45) is 0.849. The first-order valence-electron chi connectivity index (χ1n) is 5.45. The minimum Gasteiger partial charge on any atom is -0.396 e. The molecule has 2 N–H and O–H groups in total. The Hall–Kier alpha value is -0.510. The van der Waals surface area contributed by atoms with Crippen molar-refractivity contribution in [1.29, 1.82) is 0 Å². The normalized spacial score (nSPS) is 19.1. The van der Waals surface area contributed by atoms with E-state index in [2.05, 4.69) is 29.6 Å². The van der Waals surface area contributed by atoms with E-state index in [1.54, 1.807) is 0 Å². The van der Waals surface area contributed by atoms with Gasteiger partial charge in [0.2, 0.25) is 0 Å². The van der Waals surface area contributed by atoms with E-state index in [-0.39, 0.29) is 6.61 Å². The van der Waals surface area contributed by atoms with E-state index < -0.39 is 0 Å². The zero-order valence-electron chi connectivity index (χ0n) is 8.78. The summed E-state index contributed by atoms with van der Waals surface area (Å²) >= 11 is 1.95. The van der Waals surface area contributed by atoms with Gasteiger partial charge in [-0.15, -0.1) is 11.8 Å². The van der Waals surface area contributed by atoms with E-state index in [0.717, 1.165) is 19.5 Å². The Labute approximate surface area is 95.1 Å². The van der Waals surface area contributed by atoms with Gasteiger partial charge in [0.15, 0.2) is 0 Å². The summed E-state index contributed by atoms with van der Waals surface area (Å²) < 4.78 is 0. The van der Waals surface area contributed by atoms with Gasteiger partial charge in [-0.25, -0.2) is 0 Å². The van der Waals surface area contributed by atoms with Crippen LogP contribution in [0.25, 0.3) is 0 Å². The average Bonchev–Trinajstić information content (AvgIpc) is 2.68. The topological polar surface area (TPSA) is 32.3 Å². The first kappa shape index (κ1) is 11.0. The molecule has 0 aliphatic carbocycles. The van der Waals surface area contributed by atoms with Crippen molar-refractivity contribution >= 4 is 11.8 Å². The highest BCUT2D eigenvalue weighted by Crippen LogP contribution is 2.38. The van der Waals surface area contributed by atoms with Crippen molar-refractivity contribution in [3.05, 3.63) is 29.8 Å². The largest absolute Gasteiger partial charge is 0.396 e. The molecule has 1 unspecified atom stereocenters. The summed E-state index contributed by atoms with van der Waals surface area (Å²) in [6.45, 7) is 2.23. The van der Waals surface area contributed by atoms with E-state index in [0.29, 0.717) is 5.92 Å². The molecule has 0 saturated carbocycles. The molecule has 0 saturated heterocycles. The van der Waals surface area contributed by atoms with E-state index in [1.807, 2.05) is 11.8 Å². The molecule has 1 heterocycles.